The van der Waals surface area contributed by atoms with Crippen LogP contribution < -0.4 is 0 Å². The fraction of sp³-hybridized carbons (Fsp3) is 0.188. The first-order chi connectivity index (χ1) is 11.2. The molecule has 0 amide bonds. The minimum Gasteiger partial charge on any atom is -0.480 e. The Balaban J connectivity index is 2.31. The average Bonchev–Trinajstić information content (AvgIpc) is 2.53. The highest BCUT2D eigenvalue weighted by molar-refractivity contribution is 9.10. The fourth-order valence-corrected chi connectivity index (χ4v) is 3.86. The number of benzene rings is 2. The van der Waals surface area contributed by atoms with Crippen LogP contribution >= 0.6 is 27.5 Å². The number of carboxylic acid groups (broad SMARTS) is 1. The topological polar surface area (TPSA) is 74.7 Å². The maximum Gasteiger partial charge on any atom is 0.322 e. The lowest BCUT2D eigenvalue weighted by molar-refractivity contribution is -0.141. The van der Waals surface area contributed by atoms with Crippen molar-refractivity contribution in [3.63, 3.8) is 0 Å². The van der Waals surface area contributed by atoms with Crippen molar-refractivity contribution in [3.05, 3.63) is 63.6 Å². The zero-order chi connectivity index (χ0) is 17.9. The molecule has 0 saturated carbocycles. The van der Waals surface area contributed by atoms with Gasteiger partial charge in [0.05, 0.1) is 4.90 Å². The molecule has 2 aromatic rings. The van der Waals surface area contributed by atoms with Crippen molar-refractivity contribution in [2.45, 2.75) is 17.4 Å². The second-order valence-electron chi connectivity index (χ2n) is 5.16. The lowest BCUT2D eigenvalue weighted by Gasteiger charge is -2.24. The standard InChI is InChI=1S/C16H15BrClNO4S/c1-19(24(22,23)14-8-6-13(18)7-9-14)15(16(20)21)10-11-2-4-12(17)5-3-11/h2-9,15H,10H2,1H3,(H,20,21). The van der Waals surface area contributed by atoms with Crippen molar-refractivity contribution < 1.29 is 18.3 Å². The summed E-state index contributed by atoms with van der Waals surface area (Å²) in [6.45, 7) is 0. The van der Waals surface area contributed by atoms with Crippen LogP contribution in [0.4, 0.5) is 0 Å². The van der Waals surface area contributed by atoms with E-state index in [1.807, 2.05) is 0 Å². The molecule has 0 bridgehead atoms. The van der Waals surface area contributed by atoms with Crippen molar-refractivity contribution in [1.29, 1.82) is 0 Å². The molecule has 1 unspecified atom stereocenters. The van der Waals surface area contributed by atoms with E-state index in [1.54, 1.807) is 24.3 Å². The highest BCUT2D eigenvalue weighted by Crippen LogP contribution is 2.21. The van der Waals surface area contributed by atoms with Crippen molar-refractivity contribution >= 4 is 43.5 Å². The summed E-state index contributed by atoms with van der Waals surface area (Å²) in [5.74, 6) is -1.21. The van der Waals surface area contributed by atoms with Crippen molar-refractivity contribution in [3.8, 4) is 0 Å². The van der Waals surface area contributed by atoms with Gasteiger partial charge < -0.3 is 5.11 Å². The van der Waals surface area contributed by atoms with Crippen molar-refractivity contribution in [2.75, 3.05) is 7.05 Å². The van der Waals surface area contributed by atoms with Gasteiger partial charge in [-0.1, -0.05) is 39.7 Å². The molecule has 0 aliphatic carbocycles. The molecule has 1 N–H and O–H groups in total. The summed E-state index contributed by atoms with van der Waals surface area (Å²) in [6, 6.07) is 11.5. The van der Waals surface area contributed by atoms with Crippen LogP contribution in [0.2, 0.25) is 5.02 Å². The minimum absolute atomic E-state index is 0.00328. The Morgan fingerprint density at radius 1 is 1.17 bits per heavy atom. The van der Waals surface area contributed by atoms with E-state index in [-0.39, 0.29) is 11.3 Å². The Morgan fingerprint density at radius 3 is 2.21 bits per heavy atom. The van der Waals surface area contributed by atoms with E-state index in [2.05, 4.69) is 15.9 Å². The average molecular weight is 433 g/mol. The normalized spacial score (nSPS) is 13.0. The van der Waals surface area contributed by atoms with E-state index in [1.165, 1.54) is 31.3 Å². The van der Waals surface area contributed by atoms with Gasteiger partial charge in [-0.3, -0.25) is 4.79 Å². The van der Waals surface area contributed by atoms with Gasteiger partial charge in [-0.2, -0.15) is 4.31 Å². The third-order valence-electron chi connectivity index (χ3n) is 3.56. The van der Waals surface area contributed by atoms with Crippen LogP contribution in [0.25, 0.3) is 0 Å². The van der Waals surface area contributed by atoms with Crippen LogP contribution in [0.15, 0.2) is 57.9 Å². The van der Waals surface area contributed by atoms with Crippen molar-refractivity contribution in [2.24, 2.45) is 0 Å². The minimum atomic E-state index is -3.94. The number of carboxylic acids is 1. The smallest absolute Gasteiger partial charge is 0.322 e. The molecule has 0 aromatic heterocycles. The van der Waals surface area contributed by atoms with E-state index >= 15 is 0 Å². The summed E-state index contributed by atoms with van der Waals surface area (Å²) < 4.78 is 27.0. The van der Waals surface area contributed by atoms with Gasteiger partial charge in [0.25, 0.3) is 0 Å². The van der Waals surface area contributed by atoms with E-state index in [0.29, 0.717) is 5.02 Å². The highest BCUT2D eigenvalue weighted by atomic mass is 79.9. The number of hydrogen-bond donors (Lipinski definition) is 1. The Bertz CT molecular complexity index is 822. The third-order valence-corrected chi connectivity index (χ3v) is 6.22. The summed E-state index contributed by atoms with van der Waals surface area (Å²) >= 11 is 9.07. The Labute approximate surface area is 154 Å². The molecular weight excluding hydrogens is 418 g/mol. The second kappa shape index (κ2) is 7.65. The summed E-state index contributed by atoms with van der Waals surface area (Å²) in [5.41, 5.74) is 0.726. The van der Waals surface area contributed by atoms with E-state index < -0.39 is 22.0 Å². The zero-order valence-electron chi connectivity index (χ0n) is 12.7. The molecule has 0 saturated heterocycles. The molecule has 0 fully saturated rings. The summed E-state index contributed by atoms with van der Waals surface area (Å²) in [4.78, 5) is 11.6. The molecule has 8 heteroatoms. The fourth-order valence-electron chi connectivity index (χ4n) is 2.16. The van der Waals surface area contributed by atoms with Gasteiger partial charge >= 0.3 is 5.97 Å². The number of aliphatic carboxylic acids is 1. The number of rotatable bonds is 6. The van der Waals surface area contributed by atoms with Gasteiger partial charge in [0.1, 0.15) is 6.04 Å². The molecule has 2 rings (SSSR count). The largest absolute Gasteiger partial charge is 0.480 e. The first kappa shape index (κ1) is 18.9. The maximum absolute atomic E-state index is 12.6. The molecular formula is C16H15BrClNO4S. The quantitative estimate of drug-likeness (QED) is 0.759. The van der Waals surface area contributed by atoms with E-state index in [0.717, 1.165) is 14.3 Å². The lowest BCUT2D eigenvalue weighted by Crippen LogP contribution is -2.43. The van der Waals surface area contributed by atoms with Crippen LogP contribution in [0.1, 0.15) is 5.56 Å². The van der Waals surface area contributed by atoms with Crippen LogP contribution in [0.3, 0.4) is 0 Å². The molecule has 24 heavy (non-hydrogen) atoms. The Kier molecular flexibility index (Phi) is 6.03. The highest BCUT2D eigenvalue weighted by Gasteiger charge is 2.32. The van der Waals surface area contributed by atoms with Crippen molar-refractivity contribution in [1.82, 2.24) is 4.31 Å². The molecule has 128 valence electrons. The Hall–Kier alpha value is -1.41. The lowest BCUT2D eigenvalue weighted by atomic mass is 10.1. The maximum atomic E-state index is 12.6. The zero-order valence-corrected chi connectivity index (χ0v) is 15.8. The third kappa shape index (κ3) is 4.36. The number of nitrogens with zero attached hydrogens (tertiary/aromatic N) is 1. The predicted octanol–water partition coefficient (Wildman–Crippen LogP) is 3.42. The first-order valence-corrected chi connectivity index (χ1v) is 9.54. The van der Waals surface area contributed by atoms with Gasteiger partial charge in [0.15, 0.2) is 0 Å². The molecule has 1 atom stereocenters. The number of carbonyl (C=O) groups is 1. The van der Waals surface area contributed by atoms with Gasteiger partial charge in [-0.15, -0.1) is 0 Å². The van der Waals surface area contributed by atoms with Crippen LogP contribution in [-0.4, -0.2) is 36.9 Å². The summed E-state index contributed by atoms with van der Waals surface area (Å²) in [7, 11) is -2.68. The van der Waals surface area contributed by atoms with Gasteiger partial charge in [0, 0.05) is 16.5 Å². The van der Waals surface area contributed by atoms with Gasteiger partial charge in [-0.05, 0) is 48.4 Å². The molecule has 0 radical (unpaired) electrons. The SMILES string of the molecule is CN(C(Cc1ccc(Br)cc1)C(=O)O)S(=O)(=O)c1ccc(Cl)cc1. The van der Waals surface area contributed by atoms with Gasteiger partial charge in [0.2, 0.25) is 10.0 Å². The number of likely N-dealkylation sites (N-methyl/N-ethyl adjacent to an activating group) is 1. The molecule has 0 aliphatic rings. The molecule has 5 nitrogen and oxygen atoms in total. The van der Waals surface area contributed by atoms with Gasteiger partial charge in [-0.25, -0.2) is 8.42 Å². The summed E-state index contributed by atoms with van der Waals surface area (Å²) in [6.07, 6.45) is 0.0614. The number of sulfonamides is 1. The molecule has 0 aliphatic heterocycles. The van der Waals surface area contributed by atoms with E-state index in [4.69, 9.17) is 11.6 Å². The molecule has 0 heterocycles. The van der Waals surface area contributed by atoms with Crippen LogP contribution in [-0.2, 0) is 21.2 Å². The predicted molar refractivity (Wildman–Crippen MR) is 95.7 cm³/mol. The van der Waals surface area contributed by atoms with Crippen LogP contribution in [0, 0.1) is 0 Å². The summed E-state index contributed by atoms with van der Waals surface area (Å²) in [5, 5.41) is 9.88. The first-order valence-electron chi connectivity index (χ1n) is 6.92. The Morgan fingerprint density at radius 2 is 1.71 bits per heavy atom. The molecule has 0 spiro atoms. The van der Waals surface area contributed by atoms with Crippen LogP contribution in [0.5, 0.6) is 0 Å². The number of halogens is 2. The molecule has 2 aromatic carbocycles. The van der Waals surface area contributed by atoms with E-state index in [9.17, 15) is 18.3 Å². The second-order valence-corrected chi connectivity index (χ2v) is 8.51. The monoisotopic (exact) mass is 431 g/mol. The number of hydrogen-bond acceptors (Lipinski definition) is 3.